The molecule has 208 valence electrons. The Labute approximate surface area is 210 Å². The molecule has 0 saturated heterocycles. The molecule has 0 aromatic rings. The molecule has 0 heterocycles. The molecule has 0 rings (SSSR count). The lowest BCUT2D eigenvalue weighted by molar-refractivity contribution is -0.161. The third-order valence-corrected chi connectivity index (χ3v) is 6.21. The normalized spacial score (nSPS) is 14.8. The highest BCUT2D eigenvalue weighted by atomic mass is 31.2. The van der Waals surface area contributed by atoms with Gasteiger partial charge in [0.25, 0.3) is 0 Å². The number of aliphatic hydroxyl groups is 2. The van der Waals surface area contributed by atoms with Crippen molar-refractivity contribution in [1.29, 1.82) is 0 Å². The van der Waals surface area contributed by atoms with Crippen molar-refractivity contribution in [1.82, 2.24) is 0 Å². The van der Waals surface area contributed by atoms with Crippen LogP contribution in [-0.4, -0.2) is 65.7 Å². The number of esters is 2. The smallest absolute Gasteiger partial charge is 0.462 e. The second-order valence-electron chi connectivity index (χ2n) is 8.73. The molecule has 0 saturated carbocycles. The summed E-state index contributed by atoms with van der Waals surface area (Å²) in [6.45, 7) is 2.14. The van der Waals surface area contributed by atoms with E-state index < -0.39 is 51.8 Å². The standard InChI is InChI=1S/C24H47O10P/c1-3-5-7-9-10-11-12-14-16-24(28)34-22(19-31-23(27)15-13-8-6-4-2)20-33-35(29,30)32-18-21(26)17-25/h21-22,25-26H,3-20H2,1-2H3,(H,29,30)/t21-,22+/m0/s1. The van der Waals surface area contributed by atoms with Gasteiger partial charge in [-0.2, -0.15) is 0 Å². The van der Waals surface area contributed by atoms with E-state index in [2.05, 4.69) is 18.4 Å². The molecule has 0 amide bonds. The van der Waals surface area contributed by atoms with Gasteiger partial charge in [0.1, 0.15) is 12.7 Å². The first kappa shape index (κ1) is 34.0. The van der Waals surface area contributed by atoms with Crippen molar-refractivity contribution in [2.45, 2.75) is 116 Å². The van der Waals surface area contributed by atoms with Crippen molar-refractivity contribution in [3.8, 4) is 0 Å². The maximum absolute atomic E-state index is 12.3. The van der Waals surface area contributed by atoms with Crippen LogP contribution in [0.15, 0.2) is 0 Å². The quantitative estimate of drug-likeness (QED) is 0.0936. The number of aliphatic hydroxyl groups excluding tert-OH is 2. The lowest BCUT2D eigenvalue weighted by Gasteiger charge is -2.20. The summed E-state index contributed by atoms with van der Waals surface area (Å²) in [5.74, 6) is -0.951. The molecule has 0 aromatic carbocycles. The predicted molar refractivity (Wildman–Crippen MR) is 132 cm³/mol. The fraction of sp³-hybridized carbons (Fsp3) is 0.917. The van der Waals surface area contributed by atoms with Gasteiger partial charge in [0.05, 0.1) is 19.8 Å². The summed E-state index contributed by atoms with van der Waals surface area (Å²) in [6.07, 6.45) is 10.3. The Hall–Kier alpha value is -1.03. The highest BCUT2D eigenvalue weighted by Crippen LogP contribution is 2.43. The maximum atomic E-state index is 12.3. The zero-order valence-electron chi connectivity index (χ0n) is 21.5. The minimum atomic E-state index is -4.57. The number of carbonyl (C=O) groups is 2. The molecule has 11 heteroatoms. The Morgan fingerprint density at radius 1 is 0.743 bits per heavy atom. The summed E-state index contributed by atoms with van der Waals surface area (Å²) in [5.41, 5.74) is 0. The van der Waals surface area contributed by atoms with Crippen LogP contribution < -0.4 is 0 Å². The number of hydrogen-bond acceptors (Lipinski definition) is 9. The minimum absolute atomic E-state index is 0.187. The number of hydrogen-bond donors (Lipinski definition) is 3. The number of rotatable bonds is 24. The number of phosphoric ester groups is 1. The van der Waals surface area contributed by atoms with Gasteiger partial charge in [-0.25, -0.2) is 4.57 Å². The molecule has 0 aliphatic carbocycles. The lowest BCUT2D eigenvalue weighted by atomic mass is 10.1. The van der Waals surface area contributed by atoms with Gasteiger partial charge in [0.15, 0.2) is 6.10 Å². The van der Waals surface area contributed by atoms with E-state index in [1.165, 1.54) is 25.7 Å². The van der Waals surface area contributed by atoms with Crippen LogP contribution in [0.3, 0.4) is 0 Å². The van der Waals surface area contributed by atoms with Gasteiger partial charge in [-0.3, -0.25) is 18.6 Å². The Morgan fingerprint density at radius 3 is 1.80 bits per heavy atom. The molecular formula is C24H47O10P. The van der Waals surface area contributed by atoms with Crippen LogP contribution in [0.2, 0.25) is 0 Å². The van der Waals surface area contributed by atoms with Crippen LogP contribution in [0.25, 0.3) is 0 Å². The van der Waals surface area contributed by atoms with Gasteiger partial charge >= 0.3 is 19.8 Å². The Balaban J connectivity index is 4.54. The van der Waals surface area contributed by atoms with E-state index in [9.17, 15) is 24.2 Å². The summed E-state index contributed by atoms with van der Waals surface area (Å²) < 4.78 is 31.9. The fourth-order valence-electron chi connectivity index (χ4n) is 3.17. The minimum Gasteiger partial charge on any atom is -0.462 e. The highest BCUT2D eigenvalue weighted by Gasteiger charge is 2.27. The summed E-state index contributed by atoms with van der Waals surface area (Å²) in [6, 6.07) is 0. The van der Waals surface area contributed by atoms with E-state index in [-0.39, 0.29) is 19.4 Å². The van der Waals surface area contributed by atoms with Gasteiger partial charge in [-0.1, -0.05) is 78.1 Å². The van der Waals surface area contributed by atoms with Gasteiger partial charge in [0.2, 0.25) is 0 Å². The average molecular weight is 527 g/mol. The molecule has 0 spiro atoms. The van der Waals surface area contributed by atoms with Crippen molar-refractivity contribution in [2.75, 3.05) is 26.4 Å². The van der Waals surface area contributed by atoms with Crippen LogP contribution >= 0.6 is 7.82 Å². The highest BCUT2D eigenvalue weighted by molar-refractivity contribution is 7.47. The second-order valence-corrected chi connectivity index (χ2v) is 10.2. The monoisotopic (exact) mass is 526 g/mol. The van der Waals surface area contributed by atoms with Gasteiger partial charge in [-0.15, -0.1) is 0 Å². The zero-order chi connectivity index (χ0) is 26.4. The maximum Gasteiger partial charge on any atom is 0.472 e. The van der Waals surface area contributed by atoms with Crippen molar-refractivity contribution in [3.63, 3.8) is 0 Å². The Bertz CT molecular complexity index is 587. The molecule has 3 atom stereocenters. The van der Waals surface area contributed by atoms with Crippen LogP contribution in [0.1, 0.15) is 104 Å². The molecule has 0 aromatic heterocycles. The van der Waals surface area contributed by atoms with Gasteiger partial charge < -0.3 is 24.6 Å². The van der Waals surface area contributed by atoms with Crippen molar-refractivity contribution in [3.05, 3.63) is 0 Å². The zero-order valence-corrected chi connectivity index (χ0v) is 22.4. The lowest BCUT2D eigenvalue weighted by Crippen LogP contribution is -2.29. The summed E-state index contributed by atoms with van der Waals surface area (Å²) >= 11 is 0. The topological polar surface area (TPSA) is 149 Å². The first-order valence-corrected chi connectivity index (χ1v) is 14.5. The largest absolute Gasteiger partial charge is 0.472 e. The van der Waals surface area contributed by atoms with Crippen LogP contribution in [0.5, 0.6) is 0 Å². The van der Waals surface area contributed by atoms with Gasteiger partial charge in [-0.05, 0) is 12.8 Å². The first-order valence-electron chi connectivity index (χ1n) is 13.0. The van der Waals surface area contributed by atoms with E-state index in [1.807, 2.05) is 0 Å². The third kappa shape index (κ3) is 21.9. The molecule has 3 N–H and O–H groups in total. The summed E-state index contributed by atoms with van der Waals surface area (Å²) in [5, 5.41) is 18.0. The molecule has 0 aliphatic heterocycles. The number of phosphoric acid groups is 1. The molecule has 35 heavy (non-hydrogen) atoms. The van der Waals surface area contributed by atoms with E-state index >= 15 is 0 Å². The molecule has 0 aliphatic rings. The van der Waals surface area contributed by atoms with E-state index in [4.69, 9.17) is 19.1 Å². The van der Waals surface area contributed by atoms with Crippen molar-refractivity contribution in [2.24, 2.45) is 0 Å². The van der Waals surface area contributed by atoms with Gasteiger partial charge in [0, 0.05) is 12.8 Å². The first-order chi connectivity index (χ1) is 16.7. The number of carbonyl (C=O) groups excluding carboxylic acids is 2. The second kappa shape index (κ2) is 22.2. The van der Waals surface area contributed by atoms with E-state index in [0.717, 1.165) is 38.5 Å². The van der Waals surface area contributed by atoms with Crippen LogP contribution in [0, 0.1) is 0 Å². The summed E-state index contributed by atoms with van der Waals surface area (Å²) in [7, 11) is -4.57. The van der Waals surface area contributed by atoms with Crippen LogP contribution in [0.4, 0.5) is 0 Å². The molecule has 10 nitrogen and oxygen atoms in total. The van der Waals surface area contributed by atoms with E-state index in [0.29, 0.717) is 12.8 Å². The van der Waals surface area contributed by atoms with Crippen LogP contribution in [-0.2, 0) is 32.7 Å². The Kier molecular flexibility index (Phi) is 21.5. The average Bonchev–Trinajstić information content (AvgIpc) is 2.83. The molecule has 0 fully saturated rings. The fourth-order valence-corrected chi connectivity index (χ4v) is 3.96. The molecule has 0 radical (unpaired) electrons. The molecule has 0 bridgehead atoms. The van der Waals surface area contributed by atoms with E-state index in [1.54, 1.807) is 0 Å². The third-order valence-electron chi connectivity index (χ3n) is 5.26. The molecular weight excluding hydrogens is 479 g/mol. The summed E-state index contributed by atoms with van der Waals surface area (Å²) in [4.78, 5) is 33.9. The SMILES string of the molecule is CCCCCCCCCCC(=O)O[C@H](COC(=O)CCCCCC)COP(=O)(O)OC[C@@H](O)CO. The van der Waals surface area contributed by atoms with Crippen molar-refractivity contribution >= 4 is 19.8 Å². The number of ether oxygens (including phenoxy) is 2. The predicted octanol–water partition coefficient (Wildman–Crippen LogP) is 4.43. The molecule has 1 unspecified atom stereocenters. The van der Waals surface area contributed by atoms with Crippen molar-refractivity contribution < 1.29 is 47.8 Å². The number of unbranched alkanes of at least 4 members (excludes halogenated alkanes) is 10. The Morgan fingerprint density at radius 2 is 1.23 bits per heavy atom.